The maximum absolute atomic E-state index is 5.93. The van der Waals surface area contributed by atoms with E-state index in [4.69, 9.17) is 5.73 Å². The molecule has 2 rings (SSSR count). The second-order valence-electron chi connectivity index (χ2n) is 4.92. The van der Waals surface area contributed by atoms with Gasteiger partial charge < -0.3 is 10.6 Å². The Morgan fingerprint density at radius 1 is 1.47 bits per heavy atom. The van der Waals surface area contributed by atoms with Crippen molar-refractivity contribution in [3.63, 3.8) is 0 Å². The van der Waals surface area contributed by atoms with Crippen molar-refractivity contribution in [2.24, 2.45) is 5.73 Å². The normalized spacial score (nSPS) is 16.9. The SMILES string of the molecule is CCCN(c1ccc(C(C)N)c(Br)c1)C1CC1. The van der Waals surface area contributed by atoms with Crippen LogP contribution in [0.5, 0.6) is 0 Å². The van der Waals surface area contributed by atoms with E-state index >= 15 is 0 Å². The molecule has 1 aromatic carbocycles. The number of nitrogens with two attached hydrogens (primary N) is 1. The second kappa shape index (κ2) is 5.40. The van der Waals surface area contributed by atoms with Gasteiger partial charge in [-0.15, -0.1) is 0 Å². The summed E-state index contributed by atoms with van der Waals surface area (Å²) >= 11 is 3.63. The summed E-state index contributed by atoms with van der Waals surface area (Å²) in [5.74, 6) is 0. The fourth-order valence-corrected chi connectivity index (χ4v) is 2.94. The number of anilines is 1. The minimum atomic E-state index is 0.0824. The van der Waals surface area contributed by atoms with Gasteiger partial charge in [0.25, 0.3) is 0 Å². The number of hydrogen-bond donors (Lipinski definition) is 1. The Bertz CT molecular complexity index is 386. The van der Waals surface area contributed by atoms with E-state index in [-0.39, 0.29) is 6.04 Å². The number of rotatable bonds is 5. The molecule has 0 bridgehead atoms. The molecule has 0 radical (unpaired) electrons. The predicted octanol–water partition coefficient (Wildman–Crippen LogP) is 3.85. The van der Waals surface area contributed by atoms with Crippen LogP contribution in [0.4, 0.5) is 5.69 Å². The van der Waals surface area contributed by atoms with Gasteiger partial charge in [-0.05, 0) is 43.9 Å². The third-order valence-electron chi connectivity index (χ3n) is 3.26. The van der Waals surface area contributed by atoms with Gasteiger partial charge in [-0.1, -0.05) is 28.9 Å². The van der Waals surface area contributed by atoms with Crippen LogP contribution in [0.1, 0.15) is 44.7 Å². The largest absolute Gasteiger partial charge is 0.369 e. The molecule has 1 fully saturated rings. The van der Waals surface area contributed by atoms with Crippen LogP contribution in [0.15, 0.2) is 22.7 Å². The number of benzene rings is 1. The third kappa shape index (κ3) is 3.02. The van der Waals surface area contributed by atoms with E-state index in [0.717, 1.165) is 17.1 Å². The molecular formula is C14H21BrN2. The summed E-state index contributed by atoms with van der Waals surface area (Å²) in [6, 6.07) is 7.42. The number of halogens is 1. The first-order chi connectivity index (χ1) is 8.13. The fraction of sp³-hybridized carbons (Fsp3) is 0.571. The average molecular weight is 297 g/mol. The zero-order chi connectivity index (χ0) is 12.4. The molecule has 0 saturated heterocycles. The van der Waals surface area contributed by atoms with E-state index in [1.165, 1.54) is 30.5 Å². The summed E-state index contributed by atoms with van der Waals surface area (Å²) in [6.07, 6.45) is 3.88. The van der Waals surface area contributed by atoms with Crippen LogP contribution in [0, 0.1) is 0 Å². The number of hydrogen-bond acceptors (Lipinski definition) is 2. The molecular weight excluding hydrogens is 276 g/mol. The van der Waals surface area contributed by atoms with Crippen molar-refractivity contribution < 1.29 is 0 Å². The molecule has 3 heteroatoms. The standard InChI is InChI=1S/C14H21BrN2/c1-3-8-17(11-4-5-11)12-6-7-13(10(2)16)14(15)9-12/h6-7,9-11H,3-5,8,16H2,1-2H3. The maximum Gasteiger partial charge on any atom is 0.0380 e. The molecule has 17 heavy (non-hydrogen) atoms. The molecule has 0 amide bonds. The lowest BCUT2D eigenvalue weighted by Crippen LogP contribution is -2.26. The Hall–Kier alpha value is -0.540. The minimum absolute atomic E-state index is 0.0824. The third-order valence-corrected chi connectivity index (χ3v) is 3.95. The van der Waals surface area contributed by atoms with Crippen LogP contribution >= 0.6 is 15.9 Å². The van der Waals surface area contributed by atoms with Crippen molar-refractivity contribution >= 4 is 21.6 Å². The Labute approximate surface area is 112 Å². The van der Waals surface area contributed by atoms with E-state index < -0.39 is 0 Å². The average Bonchev–Trinajstić information content (AvgIpc) is 3.09. The topological polar surface area (TPSA) is 29.3 Å². The van der Waals surface area contributed by atoms with Crippen LogP contribution in [0.3, 0.4) is 0 Å². The van der Waals surface area contributed by atoms with Gasteiger partial charge in [0.15, 0.2) is 0 Å². The van der Waals surface area contributed by atoms with Crippen LogP contribution in [-0.2, 0) is 0 Å². The molecule has 1 saturated carbocycles. The maximum atomic E-state index is 5.93. The molecule has 1 unspecified atom stereocenters. The van der Waals surface area contributed by atoms with Gasteiger partial charge >= 0.3 is 0 Å². The lowest BCUT2D eigenvalue weighted by Gasteiger charge is -2.25. The van der Waals surface area contributed by atoms with Crippen molar-refractivity contribution in [2.45, 2.75) is 45.2 Å². The van der Waals surface area contributed by atoms with Gasteiger partial charge in [0.2, 0.25) is 0 Å². The van der Waals surface area contributed by atoms with E-state index in [0.29, 0.717) is 0 Å². The first-order valence-corrected chi connectivity index (χ1v) is 7.24. The zero-order valence-electron chi connectivity index (χ0n) is 10.6. The van der Waals surface area contributed by atoms with Crippen molar-refractivity contribution in [2.75, 3.05) is 11.4 Å². The van der Waals surface area contributed by atoms with Gasteiger partial charge in [0, 0.05) is 28.8 Å². The summed E-state index contributed by atoms with van der Waals surface area (Å²) in [5, 5.41) is 0. The molecule has 0 aromatic heterocycles. The van der Waals surface area contributed by atoms with Crippen LogP contribution < -0.4 is 10.6 Å². The lowest BCUT2D eigenvalue weighted by molar-refractivity contribution is 0.760. The van der Waals surface area contributed by atoms with Crippen molar-refractivity contribution in [3.05, 3.63) is 28.2 Å². The predicted molar refractivity (Wildman–Crippen MR) is 77.4 cm³/mol. The molecule has 1 atom stereocenters. The quantitative estimate of drug-likeness (QED) is 0.894. The Kier molecular flexibility index (Phi) is 4.10. The zero-order valence-corrected chi connectivity index (χ0v) is 12.2. The molecule has 1 aliphatic rings. The minimum Gasteiger partial charge on any atom is -0.369 e. The highest BCUT2D eigenvalue weighted by Crippen LogP contribution is 2.34. The summed E-state index contributed by atoms with van der Waals surface area (Å²) < 4.78 is 1.13. The van der Waals surface area contributed by atoms with Crippen molar-refractivity contribution in [1.29, 1.82) is 0 Å². The first-order valence-electron chi connectivity index (χ1n) is 6.45. The van der Waals surface area contributed by atoms with E-state index in [9.17, 15) is 0 Å². The van der Waals surface area contributed by atoms with Gasteiger partial charge in [0.1, 0.15) is 0 Å². The van der Waals surface area contributed by atoms with Crippen molar-refractivity contribution in [3.8, 4) is 0 Å². The van der Waals surface area contributed by atoms with Crippen LogP contribution in [0.25, 0.3) is 0 Å². The summed E-state index contributed by atoms with van der Waals surface area (Å²) in [4.78, 5) is 2.52. The van der Waals surface area contributed by atoms with E-state index in [1.54, 1.807) is 0 Å². The molecule has 2 nitrogen and oxygen atoms in total. The highest BCUT2D eigenvalue weighted by Gasteiger charge is 2.28. The molecule has 1 aromatic rings. The molecule has 0 spiro atoms. The number of nitrogens with zero attached hydrogens (tertiary/aromatic N) is 1. The second-order valence-corrected chi connectivity index (χ2v) is 5.77. The lowest BCUT2D eigenvalue weighted by atomic mass is 10.1. The summed E-state index contributed by atoms with van der Waals surface area (Å²) in [5.41, 5.74) is 8.43. The Balaban J connectivity index is 2.22. The Morgan fingerprint density at radius 3 is 2.65 bits per heavy atom. The van der Waals surface area contributed by atoms with Gasteiger partial charge in [0.05, 0.1) is 0 Å². The van der Waals surface area contributed by atoms with E-state index in [2.05, 4.69) is 46.0 Å². The van der Waals surface area contributed by atoms with Gasteiger partial charge in [-0.2, -0.15) is 0 Å². The molecule has 1 aliphatic carbocycles. The highest BCUT2D eigenvalue weighted by atomic mass is 79.9. The molecule has 0 aliphatic heterocycles. The van der Waals surface area contributed by atoms with Crippen LogP contribution in [-0.4, -0.2) is 12.6 Å². The summed E-state index contributed by atoms with van der Waals surface area (Å²) in [6.45, 7) is 5.40. The highest BCUT2D eigenvalue weighted by molar-refractivity contribution is 9.10. The molecule has 94 valence electrons. The first kappa shape index (κ1) is 12.9. The Morgan fingerprint density at radius 2 is 2.18 bits per heavy atom. The van der Waals surface area contributed by atoms with Gasteiger partial charge in [-0.3, -0.25) is 0 Å². The van der Waals surface area contributed by atoms with Crippen LogP contribution in [0.2, 0.25) is 0 Å². The summed E-state index contributed by atoms with van der Waals surface area (Å²) in [7, 11) is 0. The monoisotopic (exact) mass is 296 g/mol. The smallest absolute Gasteiger partial charge is 0.0380 e. The van der Waals surface area contributed by atoms with Gasteiger partial charge in [-0.25, -0.2) is 0 Å². The van der Waals surface area contributed by atoms with E-state index in [1.807, 2.05) is 6.92 Å². The van der Waals surface area contributed by atoms with Crippen molar-refractivity contribution in [1.82, 2.24) is 0 Å². The molecule has 2 N–H and O–H groups in total. The molecule has 0 heterocycles. The fourth-order valence-electron chi connectivity index (χ4n) is 2.21.